The Morgan fingerprint density at radius 1 is 1.33 bits per heavy atom. The Bertz CT molecular complexity index is 416. The van der Waals surface area contributed by atoms with E-state index in [4.69, 9.17) is 15.6 Å². The summed E-state index contributed by atoms with van der Waals surface area (Å²) in [4.78, 5) is 34.8. The summed E-state index contributed by atoms with van der Waals surface area (Å²) in [5, 5.41) is 11.5. The van der Waals surface area contributed by atoms with Crippen LogP contribution in [0.1, 0.15) is 46.5 Å². The highest BCUT2D eigenvalue weighted by Gasteiger charge is 2.32. The number of amides is 1. The van der Waals surface area contributed by atoms with E-state index in [1.807, 2.05) is 0 Å². The number of carbonyl (C=O) groups excluding carboxylic acids is 2. The van der Waals surface area contributed by atoms with Gasteiger partial charge in [-0.25, -0.2) is 4.79 Å². The van der Waals surface area contributed by atoms with Crippen LogP contribution in [0.25, 0.3) is 0 Å². The van der Waals surface area contributed by atoms with Crippen LogP contribution >= 0.6 is 0 Å². The number of aliphatic carboxylic acids is 1. The van der Waals surface area contributed by atoms with Gasteiger partial charge in [0, 0.05) is 12.0 Å². The normalized spacial score (nSPS) is 23.4. The standard InChI is InChI=1S/C14H24N2O5/c1-14(2,3)21-11(17)7-10(13(19)20)16-12(18)8-4-5-9(15)6-8/h8-10H,4-7,15H2,1-3H3,(H,16,18)(H,19,20)/t8?,9?,10-/m0/s1. The highest BCUT2D eigenvalue weighted by atomic mass is 16.6. The fraction of sp³-hybridized carbons (Fsp3) is 0.786. The third kappa shape index (κ3) is 6.12. The van der Waals surface area contributed by atoms with Gasteiger partial charge in [0.05, 0.1) is 6.42 Å². The van der Waals surface area contributed by atoms with Crippen LogP contribution in [-0.4, -0.2) is 40.6 Å². The van der Waals surface area contributed by atoms with E-state index in [9.17, 15) is 14.4 Å². The molecule has 1 amide bonds. The van der Waals surface area contributed by atoms with Crippen molar-refractivity contribution in [2.24, 2.45) is 11.7 Å². The molecule has 0 bridgehead atoms. The first-order chi connectivity index (χ1) is 9.58. The summed E-state index contributed by atoms with van der Waals surface area (Å²) in [6.45, 7) is 5.08. The van der Waals surface area contributed by atoms with Crippen LogP contribution in [0.3, 0.4) is 0 Å². The van der Waals surface area contributed by atoms with E-state index < -0.39 is 30.0 Å². The smallest absolute Gasteiger partial charge is 0.326 e. The van der Waals surface area contributed by atoms with Gasteiger partial charge in [0.25, 0.3) is 0 Å². The molecule has 1 saturated carbocycles. The van der Waals surface area contributed by atoms with Crippen LogP contribution in [0.5, 0.6) is 0 Å². The summed E-state index contributed by atoms with van der Waals surface area (Å²) in [6.07, 6.45) is 1.55. The second-order valence-electron chi connectivity index (χ2n) is 6.46. The number of ether oxygens (including phenoxy) is 1. The molecule has 0 aromatic carbocycles. The first-order valence-electron chi connectivity index (χ1n) is 7.09. The molecule has 1 rings (SSSR count). The number of nitrogens with two attached hydrogens (primary N) is 1. The molecule has 0 aromatic heterocycles. The molecular formula is C14H24N2O5. The maximum absolute atomic E-state index is 12.0. The molecular weight excluding hydrogens is 276 g/mol. The van der Waals surface area contributed by atoms with Gasteiger partial charge < -0.3 is 20.9 Å². The third-order valence-corrected chi connectivity index (χ3v) is 3.25. The van der Waals surface area contributed by atoms with Gasteiger partial charge in [-0.1, -0.05) is 0 Å². The second kappa shape index (κ2) is 6.89. The molecule has 3 atom stereocenters. The molecule has 2 unspecified atom stereocenters. The predicted molar refractivity (Wildman–Crippen MR) is 75.3 cm³/mol. The summed E-state index contributed by atoms with van der Waals surface area (Å²) in [6, 6.07) is -1.29. The second-order valence-corrected chi connectivity index (χ2v) is 6.46. The highest BCUT2D eigenvalue weighted by molar-refractivity contribution is 5.88. The molecule has 0 spiro atoms. The largest absolute Gasteiger partial charge is 0.480 e. The van der Waals surface area contributed by atoms with Crippen molar-refractivity contribution in [1.82, 2.24) is 5.32 Å². The van der Waals surface area contributed by atoms with Crippen LogP contribution < -0.4 is 11.1 Å². The van der Waals surface area contributed by atoms with Gasteiger partial charge in [0.1, 0.15) is 11.6 Å². The van der Waals surface area contributed by atoms with Crippen LogP contribution in [0.15, 0.2) is 0 Å². The quantitative estimate of drug-likeness (QED) is 0.633. The third-order valence-electron chi connectivity index (χ3n) is 3.25. The number of carboxylic acids is 1. The number of rotatable bonds is 5. The van der Waals surface area contributed by atoms with Crippen molar-refractivity contribution in [2.45, 2.75) is 64.1 Å². The molecule has 0 heterocycles. The minimum Gasteiger partial charge on any atom is -0.480 e. The Labute approximate surface area is 124 Å². The Balaban J connectivity index is 2.56. The van der Waals surface area contributed by atoms with Crippen molar-refractivity contribution in [1.29, 1.82) is 0 Å². The van der Waals surface area contributed by atoms with E-state index in [2.05, 4.69) is 5.32 Å². The maximum Gasteiger partial charge on any atom is 0.326 e. The zero-order chi connectivity index (χ0) is 16.2. The summed E-state index contributed by atoms with van der Waals surface area (Å²) in [5.74, 6) is -2.55. The maximum atomic E-state index is 12.0. The van der Waals surface area contributed by atoms with E-state index in [0.717, 1.165) is 6.42 Å². The topological polar surface area (TPSA) is 119 Å². The monoisotopic (exact) mass is 300 g/mol. The molecule has 7 nitrogen and oxygen atoms in total. The van der Waals surface area contributed by atoms with E-state index in [0.29, 0.717) is 12.8 Å². The lowest BCUT2D eigenvalue weighted by atomic mass is 10.1. The number of carbonyl (C=O) groups is 3. The molecule has 4 N–H and O–H groups in total. The number of nitrogens with one attached hydrogen (secondary N) is 1. The summed E-state index contributed by atoms with van der Waals surface area (Å²) in [7, 11) is 0. The molecule has 0 saturated heterocycles. The first-order valence-corrected chi connectivity index (χ1v) is 7.09. The van der Waals surface area contributed by atoms with Crippen molar-refractivity contribution < 1.29 is 24.2 Å². The van der Waals surface area contributed by atoms with Crippen molar-refractivity contribution in [3.8, 4) is 0 Å². The minimum absolute atomic E-state index is 0.0186. The fourth-order valence-corrected chi connectivity index (χ4v) is 2.29. The van der Waals surface area contributed by atoms with E-state index >= 15 is 0 Å². The van der Waals surface area contributed by atoms with Gasteiger partial charge >= 0.3 is 11.9 Å². The van der Waals surface area contributed by atoms with Crippen molar-refractivity contribution in [2.75, 3.05) is 0 Å². The molecule has 1 fully saturated rings. The number of esters is 1. The van der Waals surface area contributed by atoms with Gasteiger partial charge in [0.15, 0.2) is 0 Å². The Kier molecular flexibility index (Phi) is 5.71. The van der Waals surface area contributed by atoms with Crippen LogP contribution in [0, 0.1) is 5.92 Å². The van der Waals surface area contributed by atoms with Gasteiger partial charge in [-0.15, -0.1) is 0 Å². The predicted octanol–water partition coefficient (Wildman–Crippen LogP) is 0.415. The highest BCUT2D eigenvalue weighted by Crippen LogP contribution is 2.24. The van der Waals surface area contributed by atoms with Gasteiger partial charge in [-0.3, -0.25) is 9.59 Å². The number of hydrogen-bond donors (Lipinski definition) is 3. The lowest BCUT2D eigenvalue weighted by Crippen LogP contribution is -2.45. The van der Waals surface area contributed by atoms with Crippen LogP contribution in [0.2, 0.25) is 0 Å². The lowest BCUT2D eigenvalue weighted by Gasteiger charge is -2.22. The van der Waals surface area contributed by atoms with E-state index in [1.165, 1.54) is 0 Å². The zero-order valence-corrected chi connectivity index (χ0v) is 12.7. The summed E-state index contributed by atoms with van der Waals surface area (Å²) < 4.78 is 5.07. The summed E-state index contributed by atoms with van der Waals surface area (Å²) in [5.41, 5.74) is 5.04. The average molecular weight is 300 g/mol. The van der Waals surface area contributed by atoms with Gasteiger partial charge in [-0.05, 0) is 40.0 Å². The van der Waals surface area contributed by atoms with Crippen molar-refractivity contribution in [3.63, 3.8) is 0 Å². The van der Waals surface area contributed by atoms with Gasteiger partial charge in [-0.2, -0.15) is 0 Å². The molecule has 7 heteroatoms. The summed E-state index contributed by atoms with van der Waals surface area (Å²) >= 11 is 0. The Morgan fingerprint density at radius 3 is 2.38 bits per heavy atom. The first kappa shape index (κ1) is 17.4. The zero-order valence-electron chi connectivity index (χ0n) is 12.7. The van der Waals surface area contributed by atoms with Gasteiger partial charge in [0.2, 0.25) is 5.91 Å². The van der Waals surface area contributed by atoms with Crippen LogP contribution in [-0.2, 0) is 19.1 Å². The van der Waals surface area contributed by atoms with Crippen LogP contribution in [0.4, 0.5) is 0 Å². The molecule has 0 radical (unpaired) electrons. The van der Waals surface area contributed by atoms with Crippen molar-refractivity contribution >= 4 is 17.8 Å². The Hall–Kier alpha value is -1.63. The SMILES string of the molecule is CC(C)(C)OC(=O)C[C@H](NC(=O)C1CCC(N)C1)C(=O)O. The molecule has 21 heavy (non-hydrogen) atoms. The average Bonchev–Trinajstić information content (AvgIpc) is 2.72. The minimum atomic E-state index is -1.27. The Morgan fingerprint density at radius 2 is 1.95 bits per heavy atom. The fourth-order valence-electron chi connectivity index (χ4n) is 2.29. The van der Waals surface area contributed by atoms with E-state index in [-0.39, 0.29) is 17.9 Å². The number of carboxylic acid groups (broad SMARTS) is 1. The molecule has 0 aliphatic heterocycles. The van der Waals surface area contributed by atoms with E-state index in [1.54, 1.807) is 20.8 Å². The molecule has 1 aliphatic rings. The molecule has 120 valence electrons. The van der Waals surface area contributed by atoms with Crippen molar-refractivity contribution in [3.05, 3.63) is 0 Å². The molecule has 0 aromatic rings. The number of hydrogen-bond acceptors (Lipinski definition) is 5. The lowest BCUT2D eigenvalue weighted by molar-refractivity contribution is -0.158. The molecule has 1 aliphatic carbocycles.